The summed E-state index contributed by atoms with van der Waals surface area (Å²) in [7, 11) is -3.67. The van der Waals surface area contributed by atoms with E-state index in [-0.39, 0.29) is 22.4 Å². The Bertz CT molecular complexity index is 1190. The highest BCUT2D eigenvalue weighted by atomic mass is 32.2. The SMILES string of the molecule is CC(C)n1c(=O)sc2cc(S(=O)(=O)NCc3ccc(CN4CCCC4)cc3)ccc21. The molecule has 0 spiro atoms. The summed E-state index contributed by atoms with van der Waals surface area (Å²) in [5.41, 5.74) is 2.94. The molecule has 8 heteroatoms. The van der Waals surface area contributed by atoms with Crippen LogP contribution in [0, 0.1) is 0 Å². The third kappa shape index (κ3) is 4.51. The van der Waals surface area contributed by atoms with E-state index in [9.17, 15) is 13.2 Å². The number of sulfonamides is 1. The zero-order chi connectivity index (χ0) is 21.3. The number of hydrogen-bond acceptors (Lipinski definition) is 5. The molecular weight excluding hydrogens is 418 g/mol. The lowest BCUT2D eigenvalue weighted by atomic mass is 10.1. The number of likely N-dealkylation sites (tertiary alicyclic amines) is 1. The van der Waals surface area contributed by atoms with E-state index in [0.717, 1.165) is 42.1 Å². The van der Waals surface area contributed by atoms with Gasteiger partial charge in [-0.3, -0.25) is 14.3 Å². The molecule has 0 aliphatic carbocycles. The fourth-order valence-electron chi connectivity index (χ4n) is 3.90. The molecule has 1 aromatic heterocycles. The molecular formula is C22H27N3O3S2. The van der Waals surface area contributed by atoms with Gasteiger partial charge in [-0.1, -0.05) is 35.6 Å². The molecule has 2 heterocycles. The molecule has 0 amide bonds. The van der Waals surface area contributed by atoms with Crippen molar-refractivity contribution in [2.24, 2.45) is 0 Å². The highest BCUT2D eigenvalue weighted by Gasteiger charge is 2.18. The average molecular weight is 446 g/mol. The molecule has 160 valence electrons. The summed E-state index contributed by atoms with van der Waals surface area (Å²) >= 11 is 1.08. The first kappa shape index (κ1) is 21.2. The van der Waals surface area contributed by atoms with Gasteiger partial charge in [0.2, 0.25) is 10.0 Å². The van der Waals surface area contributed by atoms with E-state index >= 15 is 0 Å². The fraction of sp³-hybridized carbons (Fsp3) is 0.409. The lowest BCUT2D eigenvalue weighted by molar-refractivity contribution is 0.331. The van der Waals surface area contributed by atoms with E-state index in [1.165, 1.54) is 18.4 Å². The first-order valence-corrected chi connectivity index (χ1v) is 12.6. The van der Waals surface area contributed by atoms with E-state index in [0.29, 0.717) is 4.70 Å². The van der Waals surface area contributed by atoms with Crippen molar-refractivity contribution in [1.29, 1.82) is 0 Å². The predicted octanol–water partition coefficient (Wildman–Crippen LogP) is 3.72. The van der Waals surface area contributed by atoms with Gasteiger partial charge in [0.25, 0.3) is 0 Å². The molecule has 30 heavy (non-hydrogen) atoms. The van der Waals surface area contributed by atoms with Crippen molar-refractivity contribution in [3.8, 4) is 0 Å². The first-order valence-electron chi connectivity index (χ1n) is 10.3. The van der Waals surface area contributed by atoms with Gasteiger partial charge in [0.05, 0.1) is 15.1 Å². The van der Waals surface area contributed by atoms with Gasteiger partial charge < -0.3 is 0 Å². The lowest BCUT2D eigenvalue weighted by Crippen LogP contribution is -2.23. The molecule has 6 nitrogen and oxygen atoms in total. The van der Waals surface area contributed by atoms with Gasteiger partial charge >= 0.3 is 4.87 Å². The van der Waals surface area contributed by atoms with Crippen molar-refractivity contribution in [3.63, 3.8) is 0 Å². The van der Waals surface area contributed by atoms with Crippen molar-refractivity contribution in [2.45, 2.75) is 50.7 Å². The summed E-state index contributed by atoms with van der Waals surface area (Å²) in [6.07, 6.45) is 2.54. The number of nitrogens with one attached hydrogen (secondary N) is 1. The number of rotatable bonds is 7. The maximum atomic E-state index is 12.8. The molecule has 0 unspecified atom stereocenters. The molecule has 0 bridgehead atoms. The first-order chi connectivity index (χ1) is 14.3. The average Bonchev–Trinajstić information content (AvgIpc) is 3.33. The standard InChI is InChI=1S/C22H27N3O3S2/c1-16(2)25-20-10-9-19(13-21(20)29-22(25)26)30(27,28)23-14-17-5-7-18(8-6-17)15-24-11-3-4-12-24/h5-10,13,16,23H,3-4,11-12,14-15H2,1-2H3. The minimum Gasteiger partial charge on any atom is -0.299 e. The Kier molecular flexibility index (Phi) is 6.11. The van der Waals surface area contributed by atoms with Crippen LogP contribution in [0.3, 0.4) is 0 Å². The third-order valence-electron chi connectivity index (χ3n) is 5.51. The van der Waals surface area contributed by atoms with Crippen LogP contribution in [0.2, 0.25) is 0 Å². The van der Waals surface area contributed by atoms with Crippen molar-refractivity contribution in [3.05, 3.63) is 63.3 Å². The Morgan fingerprint density at radius 2 is 1.70 bits per heavy atom. The highest BCUT2D eigenvalue weighted by Crippen LogP contribution is 2.24. The Morgan fingerprint density at radius 3 is 2.37 bits per heavy atom. The number of hydrogen-bond donors (Lipinski definition) is 1. The second-order valence-corrected chi connectivity index (χ2v) is 10.8. The van der Waals surface area contributed by atoms with E-state index in [4.69, 9.17) is 0 Å². The van der Waals surface area contributed by atoms with E-state index < -0.39 is 10.0 Å². The lowest BCUT2D eigenvalue weighted by Gasteiger charge is -2.14. The normalized spacial score (nSPS) is 15.4. The minimum atomic E-state index is -3.67. The molecule has 2 aromatic carbocycles. The fourth-order valence-corrected chi connectivity index (χ4v) is 6.07. The maximum absolute atomic E-state index is 12.8. The van der Waals surface area contributed by atoms with E-state index in [2.05, 4.69) is 21.8 Å². The van der Waals surface area contributed by atoms with Gasteiger partial charge in [-0.05, 0) is 69.1 Å². The Labute approximate surface area is 181 Å². The highest BCUT2D eigenvalue weighted by molar-refractivity contribution is 7.89. The van der Waals surface area contributed by atoms with Crippen LogP contribution in [0.4, 0.5) is 0 Å². The molecule has 0 radical (unpaired) electrons. The Balaban J connectivity index is 1.45. The summed E-state index contributed by atoms with van der Waals surface area (Å²) in [6.45, 7) is 7.37. The molecule has 1 N–H and O–H groups in total. The molecule has 0 saturated carbocycles. The quantitative estimate of drug-likeness (QED) is 0.602. The van der Waals surface area contributed by atoms with Gasteiger partial charge in [-0.15, -0.1) is 0 Å². The topological polar surface area (TPSA) is 71.4 Å². The van der Waals surface area contributed by atoms with Crippen LogP contribution in [0.5, 0.6) is 0 Å². The van der Waals surface area contributed by atoms with Gasteiger partial charge in [0, 0.05) is 19.1 Å². The van der Waals surface area contributed by atoms with E-state index in [1.807, 2.05) is 26.0 Å². The second-order valence-electron chi connectivity index (χ2n) is 8.09. The summed E-state index contributed by atoms with van der Waals surface area (Å²) in [4.78, 5) is 14.7. The zero-order valence-electron chi connectivity index (χ0n) is 17.3. The number of nitrogens with zero attached hydrogens (tertiary/aromatic N) is 2. The summed E-state index contributed by atoms with van der Waals surface area (Å²) in [5, 5.41) is 0. The molecule has 1 fully saturated rings. The number of aromatic nitrogens is 1. The van der Waals surface area contributed by atoms with Crippen molar-refractivity contribution in [1.82, 2.24) is 14.2 Å². The number of benzene rings is 2. The van der Waals surface area contributed by atoms with Gasteiger partial charge in [0.15, 0.2) is 0 Å². The van der Waals surface area contributed by atoms with Gasteiger partial charge in [0.1, 0.15) is 0 Å². The van der Waals surface area contributed by atoms with Crippen LogP contribution >= 0.6 is 11.3 Å². The van der Waals surface area contributed by atoms with Gasteiger partial charge in [-0.25, -0.2) is 13.1 Å². The van der Waals surface area contributed by atoms with Crippen LogP contribution in [0.25, 0.3) is 10.2 Å². The van der Waals surface area contributed by atoms with Crippen LogP contribution < -0.4 is 9.60 Å². The number of fused-ring (bicyclic) bond motifs is 1. The van der Waals surface area contributed by atoms with Crippen molar-refractivity contribution in [2.75, 3.05) is 13.1 Å². The molecule has 1 saturated heterocycles. The zero-order valence-corrected chi connectivity index (χ0v) is 18.9. The smallest absolute Gasteiger partial charge is 0.299 e. The minimum absolute atomic E-state index is 0.0280. The van der Waals surface area contributed by atoms with Crippen LogP contribution in [0.15, 0.2) is 52.2 Å². The molecule has 1 aliphatic rings. The Hall–Kier alpha value is -2.00. The monoisotopic (exact) mass is 445 g/mol. The molecule has 4 rings (SSSR count). The third-order valence-corrected chi connectivity index (χ3v) is 7.82. The maximum Gasteiger partial charge on any atom is 0.308 e. The molecule has 0 atom stereocenters. The van der Waals surface area contributed by atoms with Crippen LogP contribution in [-0.2, 0) is 23.1 Å². The van der Waals surface area contributed by atoms with Gasteiger partial charge in [-0.2, -0.15) is 0 Å². The molecule has 3 aromatic rings. The second kappa shape index (κ2) is 8.63. The molecule has 1 aliphatic heterocycles. The number of thiazole rings is 1. The van der Waals surface area contributed by atoms with Crippen molar-refractivity contribution < 1.29 is 8.42 Å². The largest absolute Gasteiger partial charge is 0.308 e. The summed E-state index contributed by atoms with van der Waals surface area (Å²) < 4.78 is 30.6. The Morgan fingerprint density at radius 1 is 1.03 bits per heavy atom. The van der Waals surface area contributed by atoms with Crippen LogP contribution in [0.1, 0.15) is 43.9 Å². The van der Waals surface area contributed by atoms with Crippen molar-refractivity contribution >= 4 is 31.6 Å². The van der Waals surface area contributed by atoms with Crippen LogP contribution in [-0.4, -0.2) is 31.0 Å². The predicted molar refractivity (Wildman–Crippen MR) is 121 cm³/mol. The summed E-state index contributed by atoms with van der Waals surface area (Å²) in [5.74, 6) is 0. The summed E-state index contributed by atoms with van der Waals surface area (Å²) in [6, 6.07) is 13.0. The van der Waals surface area contributed by atoms with E-state index in [1.54, 1.807) is 22.8 Å².